The molecule has 1 aliphatic rings. The van der Waals surface area contributed by atoms with E-state index in [2.05, 4.69) is 25.1 Å². The lowest BCUT2D eigenvalue weighted by molar-refractivity contribution is -0.274. The molecule has 1 fully saturated rings. The molecule has 1 N–H and O–H groups in total. The Morgan fingerprint density at radius 3 is 2.43 bits per heavy atom. The zero-order chi connectivity index (χ0) is 35.5. The van der Waals surface area contributed by atoms with Crippen LogP contribution in [0.15, 0.2) is 72.0 Å². The van der Waals surface area contributed by atoms with Crippen molar-refractivity contribution < 1.29 is 50.2 Å². The van der Waals surface area contributed by atoms with Crippen molar-refractivity contribution in [2.75, 3.05) is 22.6 Å². The van der Waals surface area contributed by atoms with E-state index in [1.807, 2.05) is 0 Å². The number of rotatable bonds is 9. The SMILES string of the molecule is CC(=O)c1cc(-c2ncn(-c3ccc(OC(F)(F)F)cc3)n2)ccc1NC(=O)/N=C1\SCC(=O)N1c1cc(C)ccc1OCCC(F)(F)F. The van der Waals surface area contributed by atoms with Crippen LogP contribution in [0, 0.1) is 6.92 Å². The number of ether oxygens (including phenoxy) is 2. The van der Waals surface area contributed by atoms with Crippen molar-refractivity contribution >= 4 is 46.0 Å². The standard InChI is InChI=1S/C31H24F6N6O5S/c1-17-3-10-25(47-12-11-30(32,33)34)24(13-17)43-26(45)15-49-29(43)40-28(46)39-23-9-4-19(14-22(23)18(2)44)27-38-16-42(41-27)20-5-7-21(8-6-20)48-31(35,36)37/h3-10,13-14,16H,11-12,15H2,1-2H3,(H,39,46)/b40-29-. The van der Waals surface area contributed by atoms with Gasteiger partial charge in [0.1, 0.15) is 17.8 Å². The van der Waals surface area contributed by atoms with Crippen LogP contribution >= 0.6 is 11.8 Å². The fourth-order valence-corrected chi connectivity index (χ4v) is 5.37. The number of ketones is 1. The smallest absolute Gasteiger partial charge is 0.491 e. The van der Waals surface area contributed by atoms with E-state index in [1.54, 1.807) is 13.0 Å². The monoisotopic (exact) mass is 706 g/mol. The number of aliphatic imine (C=N–C) groups is 1. The van der Waals surface area contributed by atoms with Crippen molar-refractivity contribution in [3.05, 3.63) is 78.1 Å². The number of anilines is 2. The third kappa shape index (κ3) is 8.95. The lowest BCUT2D eigenvalue weighted by Gasteiger charge is -2.21. The first-order valence-electron chi connectivity index (χ1n) is 14.1. The van der Waals surface area contributed by atoms with E-state index >= 15 is 0 Å². The number of amides is 3. The quantitative estimate of drug-likeness (QED) is 0.142. The Morgan fingerprint density at radius 2 is 1.76 bits per heavy atom. The molecule has 0 unspecified atom stereocenters. The molecule has 0 saturated carbocycles. The molecule has 18 heteroatoms. The molecule has 49 heavy (non-hydrogen) atoms. The predicted octanol–water partition coefficient (Wildman–Crippen LogP) is 7.34. The van der Waals surface area contributed by atoms with Crippen LogP contribution in [0.4, 0.5) is 42.5 Å². The Hall–Kier alpha value is -5.39. The minimum atomic E-state index is -4.84. The van der Waals surface area contributed by atoms with Gasteiger partial charge >= 0.3 is 18.6 Å². The largest absolute Gasteiger partial charge is 0.573 e. The molecule has 1 aromatic heterocycles. The van der Waals surface area contributed by atoms with Gasteiger partial charge in [0.2, 0.25) is 5.91 Å². The van der Waals surface area contributed by atoms with E-state index in [0.29, 0.717) is 16.8 Å². The molecule has 0 atom stereocenters. The molecule has 2 heterocycles. The summed E-state index contributed by atoms with van der Waals surface area (Å²) >= 11 is 0.936. The van der Waals surface area contributed by atoms with E-state index in [1.165, 1.54) is 60.4 Å². The van der Waals surface area contributed by atoms with Crippen molar-refractivity contribution in [1.82, 2.24) is 14.8 Å². The molecular weight excluding hydrogens is 682 g/mol. The average Bonchev–Trinajstić information content (AvgIpc) is 3.64. The van der Waals surface area contributed by atoms with Crippen molar-refractivity contribution in [3.8, 4) is 28.6 Å². The number of carbonyl (C=O) groups is 3. The van der Waals surface area contributed by atoms with Gasteiger partial charge in [0, 0.05) is 11.1 Å². The van der Waals surface area contributed by atoms with E-state index in [-0.39, 0.29) is 39.4 Å². The molecule has 0 bridgehead atoms. The highest BCUT2D eigenvalue weighted by Crippen LogP contribution is 2.36. The van der Waals surface area contributed by atoms with E-state index in [0.717, 1.165) is 28.8 Å². The summed E-state index contributed by atoms with van der Waals surface area (Å²) in [7, 11) is 0. The average molecular weight is 707 g/mol. The van der Waals surface area contributed by atoms with E-state index in [4.69, 9.17) is 4.74 Å². The van der Waals surface area contributed by atoms with Crippen LogP contribution in [0.1, 0.15) is 29.3 Å². The summed E-state index contributed by atoms with van der Waals surface area (Å²) < 4.78 is 86.0. The van der Waals surface area contributed by atoms with Gasteiger partial charge in [-0.15, -0.1) is 18.3 Å². The van der Waals surface area contributed by atoms with Gasteiger partial charge in [-0.3, -0.25) is 14.5 Å². The zero-order valence-corrected chi connectivity index (χ0v) is 26.2. The van der Waals surface area contributed by atoms with Gasteiger partial charge in [-0.1, -0.05) is 17.8 Å². The number of halogens is 6. The minimum absolute atomic E-state index is 0.00296. The number of hydrogen-bond donors (Lipinski definition) is 1. The van der Waals surface area contributed by atoms with Gasteiger partial charge in [-0.05, 0) is 74.0 Å². The number of alkyl halides is 6. The highest BCUT2D eigenvalue weighted by atomic mass is 32.2. The van der Waals surface area contributed by atoms with Crippen LogP contribution in [0.5, 0.6) is 11.5 Å². The Kier molecular flexibility index (Phi) is 9.98. The van der Waals surface area contributed by atoms with E-state index in [9.17, 15) is 40.7 Å². The summed E-state index contributed by atoms with van der Waals surface area (Å²) in [6, 6.07) is 12.9. The van der Waals surface area contributed by atoms with Gasteiger partial charge in [-0.2, -0.15) is 18.2 Å². The maximum atomic E-state index is 13.1. The number of urea groups is 1. The Labute approximate surface area is 277 Å². The summed E-state index contributed by atoms with van der Waals surface area (Å²) in [4.78, 5) is 47.8. The minimum Gasteiger partial charge on any atom is -0.491 e. The third-order valence-corrected chi connectivity index (χ3v) is 7.61. The molecule has 0 radical (unpaired) electrons. The first-order chi connectivity index (χ1) is 23.1. The molecular formula is C31H24F6N6O5S. The van der Waals surface area contributed by atoms with Crippen molar-refractivity contribution in [2.24, 2.45) is 4.99 Å². The number of carbonyl (C=O) groups excluding carboxylic acids is 3. The van der Waals surface area contributed by atoms with Gasteiger partial charge < -0.3 is 14.8 Å². The fourth-order valence-electron chi connectivity index (χ4n) is 4.52. The second-order valence-corrected chi connectivity index (χ2v) is 11.3. The summed E-state index contributed by atoms with van der Waals surface area (Å²) in [5, 5.41) is 6.79. The summed E-state index contributed by atoms with van der Waals surface area (Å²) in [5.41, 5.74) is 1.71. The van der Waals surface area contributed by atoms with Crippen molar-refractivity contribution in [1.29, 1.82) is 0 Å². The highest BCUT2D eigenvalue weighted by Gasteiger charge is 2.34. The maximum absolute atomic E-state index is 13.1. The molecule has 0 aliphatic carbocycles. The number of nitrogens with zero attached hydrogens (tertiary/aromatic N) is 5. The normalized spacial score (nSPS) is 14.3. The lowest BCUT2D eigenvalue weighted by atomic mass is 10.0. The Bertz CT molecular complexity index is 1930. The van der Waals surface area contributed by atoms with Crippen LogP contribution in [-0.4, -0.2) is 62.6 Å². The number of Topliss-reactive ketones (excluding diaryl/α,β-unsaturated/α-hetero) is 1. The highest BCUT2D eigenvalue weighted by molar-refractivity contribution is 8.15. The molecule has 3 amide bonds. The second kappa shape index (κ2) is 14.0. The topological polar surface area (TPSA) is 128 Å². The Balaban J connectivity index is 1.34. The number of nitrogens with one attached hydrogen (secondary N) is 1. The Morgan fingerprint density at radius 1 is 1.02 bits per heavy atom. The molecule has 5 rings (SSSR count). The van der Waals surface area contributed by atoms with Gasteiger partial charge in [0.05, 0.1) is 35.8 Å². The van der Waals surface area contributed by atoms with Crippen LogP contribution in [0.2, 0.25) is 0 Å². The number of thioether (sulfide) groups is 1. The molecule has 3 aromatic carbocycles. The van der Waals surface area contributed by atoms with Gasteiger partial charge in [-0.25, -0.2) is 14.5 Å². The molecule has 4 aromatic rings. The number of hydrogen-bond acceptors (Lipinski definition) is 8. The van der Waals surface area contributed by atoms with Crippen LogP contribution in [0.25, 0.3) is 17.1 Å². The van der Waals surface area contributed by atoms with Crippen molar-refractivity contribution in [3.63, 3.8) is 0 Å². The van der Waals surface area contributed by atoms with Crippen LogP contribution in [0.3, 0.4) is 0 Å². The van der Waals surface area contributed by atoms with E-state index < -0.39 is 49.0 Å². The lowest BCUT2D eigenvalue weighted by Crippen LogP contribution is -2.31. The number of aromatic nitrogens is 3. The third-order valence-electron chi connectivity index (χ3n) is 6.69. The van der Waals surface area contributed by atoms with Crippen LogP contribution in [-0.2, 0) is 4.79 Å². The number of amidine groups is 1. The van der Waals surface area contributed by atoms with Crippen LogP contribution < -0.4 is 19.7 Å². The molecule has 1 aliphatic heterocycles. The number of benzene rings is 3. The maximum Gasteiger partial charge on any atom is 0.573 e. The van der Waals surface area contributed by atoms with Gasteiger partial charge in [0.15, 0.2) is 16.8 Å². The fraction of sp³-hybridized carbons (Fsp3) is 0.226. The first kappa shape index (κ1) is 34.9. The molecule has 1 saturated heterocycles. The summed E-state index contributed by atoms with van der Waals surface area (Å²) in [6.45, 7) is 2.29. The second-order valence-electron chi connectivity index (χ2n) is 10.4. The summed E-state index contributed by atoms with van der Waals surface area (Å²) in [5.74, 6) is -1.26. The zero-order valence-electron chi connectivity index (χ0n) is 25.4. The molecule has 0 spiro atoms. The van der Waals surface area contributed by atoms with Crippen molar-refractivity contribution in [2.45, 2.75) is 32.8 Å². The first-order valence-corrected chi connectivity index (χ1v) is 15.1. The van der Waals surface area contributed by atoms with Gasteiger partial charge in [0.25, 0.3) is 0 Å². The molecule has 256 valence electrons. The molecule has 11 nitrogen and oxygen atoms in total. The predicted molar refractivity (Wildman–Crippen MR) is 167 cm³/mol. The number of aryl methyl sites for hydroxylation is 1. The summed E-state index contributed by atoms with van der Waals surface area (Å²) in [6.07, 6.45) is -9.17.